The highest BCUT2D eigenvalue weighted by Gasteiger charge is 2.09. The molecule has 0 aromatic carbocycles. The molecule has 98 valence electrons. The molecule has 0 spiro atoms. The number of hydrogen-bond acceptors (Lipinski definition) is 4. The molecule has 0 bridgehead atoms. The second kappa shape index (κ2) is 5.22. The largest absolute Gasteiger partial charge is 0.377 e. The molecule has 18 heavy (non-hydrogen) atoms. The monoisotopic (exact) mass is 251 g/mol. The Labute approximate surface area is 105 Å². The number of aromatic nitrogens is 3. The van der Waals surface area contributed by atoms with E-state index in [0.717, 1.165) is 0 Å². The molecule has 0 fully saturated rings. The first-order valence-electron chi connectivity index (χ1n) is 5.82. The molecule has 2 rings (SSSR count). The molecule has 6 nitrogen and oxygen atoms in total. The maximum absolute atomic E-state index is 12.0. The van der Waals surface area contributed by atoms with Gasteiger partial charge in [0.05, 0.1) is 6.54 Å². The van der Waals surface area contributed by atoms with Crippen LogP contribution in [0.4, 0.5) is 0 Å². The third kappa shape index (κ3) is 2.53. The first kappa shape index (κ1) is 12.6. The van der Waals surface area contributed by atoms with Gasteiger partial charge in [-0.15, -0.1) is 0 Å². The average Bonchev–Trinajstić information content (AvgIpc) is 2.89. The summed E-state index contributed by atoms with van der Waals surface area (Å²) < 4.78 is 13.3. The molecule has 0 saturated carbocycles. The van der Waals surface area contributed by atoms with E-state index < -0.39 is 0 Å². The van der Waals surface area contributed by atoms with E-state index in [1.54, 1.807) is 34.7 Å². The van der Waals surface area contributed by atoms with Crippen LogP contribution in [0.2, 0.25) is 0 Å². The van der Waals surface area contributed by atoms with Crippen molar-refractivity contribution >= 4 is 0 Å². The summed E-state index contributed by atoms with van der Waals surface area (Å²) in [4.78, 5) is 12.0. The number of hydrogen-bond donors (Lipinski definition) is 0. The molecule has 0 amide bonds. The van der Waals surface area contributed by atoms with Gasteiger partial charge in [0, 0.05) is 31.6 Å². The summed E-state index contributed by atoms with van der Waals surface area (Å²) in [5.74, 6) is 0.656. The van der Waals surface area contributed by atoms with Gasteiger partial charge in [0.15, 0.2) is 5.76 Å². The van der Waals surface area contributed by atoms with Crippen LogP contribution in [0, 0.1) is 0 Å². The Morgan fingerprint density at radius 1 is 1.44 bits per heavy atom. The van der Waals surface area contributed by atoms with Gasteiger partial charge in [-0.2, -0.15) is 0 Å². The Balaban J connectivity index is 2.16. The molecule has 0 unspecified atom stereocenters. The number of methoxy groups -OCH3 is 1. The molecular formula is C12H17N3O3. The maximum Gasteiger partial charge on any atom is 0.328 e. The van der Waals surface area contributed by atoms with Crippen LogP contribution in [0.3, 0.4) is 0 Å². The minimum atomic E-state index is -0.0405. The average molecular weight is 251 g/mol. The number of ether oxygens (including phenoxy) is 1. The number of nitrogens with zero attached hydrogens (tertiary/aromatic N) is 3. The Bertz CT molecular complexity index is 565. The molecule has 2 aromatic heterocycles. The van der Waals surface area contributed by atoms with Crippen LogP contribution in [0.25, 0.3) is 0 Å². The zero-order valence-electron chi connectivity index (χ0n) is 10.8. The standard InChI is InChI=1S/C12H17N3O3/c1-9(2)15-5-4-14(12(15)16)7-10-6-11(8-17-3)18-13-10/h4-6,9H,7-8H2,1-3H3. The van der Waals surface area contributed by atoms with E-state index in [1.165, 1.54) is 0 Å². The highest BCUT2D eigenvalue weighted by molar-refractivity contribution is 5.05. The van der Waals surface area contributed by atoms with E-state index in [0.29, 0.717) is 24.6 Å². The number of rotatable bonds is 5. The van der Waals surface area contributed by atoms with Crippen molar-refractivity contribution in [2.24, 2.45) is 0 Å². The predicted molar refractivity (Wildman–Crippen MR) is 65.4 cm³/mol. The Morgan fingerprint density at radius 2 is 2.22 bits per heavy atom. The second-order valence-electron chi connectivity index (χ2n) is 4.43. The summed E-state index contributed by atoms with van der Waals surface area (Å²) >= 11 is 0. The summed E-state index contributed by atoms with van der Waals surface area (Å²) in [6.07, 6.45) is 3.54. The lowest BCUT2D eigenvalue weighted by atomic mass is 10.3. The van der Waals surface area contributed by atoms with Gasteiger partial charge in [0.25, 0.3) is 0 Å². The van der Waals surface area contributed by atoms with Crippen molar-refractivity contribution in [2.75, 3.05) is 7.11 Å². The summed E-state index contributed by atoms with van der Waals surface area (Å²) in [7, 11) is 1.59. The fourth-order valence-corrected chi connectivity index (χ4v) is 1.76. The van der Waals surface area contributed by atoms with Crippen molar-refractivity contribution in [3.8, 4) is 0 Å². The first-order valence-corrected chi connectivity index (χ1v) is 5.82. The molecule has 0 atom stereocenters. The van der Waals surface area contributed by atoms with Crippen LogP contribution >= 0.6 is 0 Å². The number of imidazole rings is 1. The summed E-state index contributed by atoms with van der Waals surface area (Å²) in [5.41, 5.74) is 0.673. The molecule has 0 aliphatic carbocycles. The lowest BCUT2D eigenvalue weighted by Gasteiger charge is -2.03. The van der Waals surface area contributed by atoms with Crippen LogP contribution in [-0.4, -0.2) is 21.4 Å². The zero-order chi connectivity index (χ0) is 13.1. The fourth-order valence-electron chi connectivity index (χ4n) is 1.76. The highest BCUT2D eigenvalue weighted by atomic mass is 16.5. The van der Waals surface area contributed by atoms with Crippen LogP contribution in [-0.2, 0) is 17.9 Å². The Kier molecular flexibility index (Phi) is 3.66. The van der Waals surface area contributed by atoms with Gasteiger partial charge >= 0.3 is 5.69 Å². The van der Waals surface area contributed by atoms with Crippen molar-refractivity contribution in [1.29, 1.82) is 0 Å². The third-order valence-corrected chi connectivity index (χ3v) is 2.66. The summed E-state index contributed by atoms with van der Waals surface area (Å²) in [6.45, 7) is 4.73. The molecule has 0 saturated heterocycles. The summed E-state index contributed by atoms with van der Waals surface area (Å²) in [5, 5.41) is 3.90. The van der Waals surface area contributed by atoms with E-state index in [1.807, 2.05) is 13.8 Å². The van der Waals surface area contributed by atoms with Gasteiger partial charge in [0.1, 0.15) is 12.3 Å². The SMILES string of the molecule is COCc1cc(Cn2ccn(C(C)C)c2=O)no1. The van der Waals surface area contributed by atoms with Crippen molar-refractivity contribution in [3.05, 3.63) is 40.4 Å². The van der Waals surface area contributed by atoms with Crippen LogP contribution in [0.15, 0.2) is 27.8 Å². The van der Waals surface area contributed by atoms with E-state index in [2.05, 4.69) is 5.16 Å². The van der Waals surface area contributed by atoms with Crippen molar-refractivity contribution in [3.63, 3.8) is 0 Å². The minimum Gasteiger partial charge on any atom is -0.377 e. The van der Waals surface area contributed by atoms with Crippen molar-refractivity contribution in [2.45, 2.75) is 33.0 Å². The highest BCUT2D eigenvalue weighted by Crippen LogP contribution is 2.06. The molecule has 0 radical (unpaired) electrons. The molecule has 0 aliphatic heterocycles. The molecule has 0 aliphatic rings. The van der Waals surface area contributed by atoms with E-state index >= 15 is 0 Å². The quantitative estimate of drug-likeness (QED) is 0.806. The lowest BCUT2D eigenvalue weighted by molar-refractivity contribution is 0.155. The molecule has 2 heterocycles. The third-order valence-electron chi connectivity index (χ3n) is 2.66. The maximum atomic E-state index is 12.0. The predicted octanol–water partition coefficient (Wildman–Crippen LogP) is 1.41. The molecule has 2 aromatic rings. The molecule has 6 heteroatoms. The Morgan fingerprint density at radius 3 is 2.83 bits per heavy atom. The van der Waals surface area contributed by atoms with Gasteiger partial charge in [0.2, 0.25) is 0 Å². The van der Waals surface area contributed by atoms with Gasteiger partial charge in [-0.25, -0.2) is 4.79 Å². The normalized spacial score (nSPS) is 11.3. The van der Waals surface area contributed by atoms with Gasteiger partial charge in [-0.1, -0.05) is 5.16 Å². The smallest absolute Gasteiger partial charge is 0.328 e. The van der Waals surface area contributed by atoms with Crippen molar-refractivity contribution in [1.82, 2.24) is 14.3 Å². The second-order valence-corrected chi connectivity index (χ2v) is 4.43. The zero-order valence-corrected chi connectivity index (χ0v) is 10.8. The van der Waals surface area contributed by atoms with E-state index in [-0.39, 0.29) is 11.7 Å². The Hall–Kier alpha value is -1.82. The summed E-state index contributed by atoms with van der Waals surface area (Å²) in [6, 6.07) is 1.95. The first-order chi connectivity index (χ1) is 8.61. The van der Waals surface area contributed by atoms with Crippen LogP contribution in [0.1, 0.15) is 31.3 Å². The lowest BCUT2D eigenvalue weighted by Crippen LogP contribution is -2.25. The van der Waals surface area contributed by atoms with Gasteiger partial charge < -0.3 is 9.26 Å². The molecule has 0 N–H and O–H groups in total. The fraction of sp³-hybridized carbons (Fsp3) is 0.500. The van der Waals surface area contributed by atoms with Crippen LogP contribution in [0.5, 0.6) is 0 Å². The van der Waals surface area contributed by atoms with E-state index in [4.69, 9.17) is 9.26 Å². The van der Waals surface area contributed by atoms with Crippen LogP contribution < -0.4 is 5.69 Å². The van der Waals surface area contributed by atoms with Gasteiger partial charge in [-0.05, 0) is 13.8 Å². The molecular weight excluding hydrogens is 234 g/mol. The van der Waals surface area contributed by atoms with Gasteiger partial charge in [-0.3, -0.25) is 9.13 Å². The van der Waals surface area contributed by atoms with E-state index in [9.17, 15) is 4.79 Å². The minimum absolute atomic E-state index is 0.0405. The van der Waals surface area contributed by atoms with Crippen molar-refractivity contribution < 1.29 is 9.26 Å². The topological polar surface area (TPSA) is 62.2 Å².